The van der Waals surface area contributed by atoms with E-state index in [1.165, 1.54) is 11.1 Å². The van der Waals surface area contributed by atoms with E-state index in [2.05, 4.69) is 59.4 Å². The highest BCUT2D eigenvalue weighted by molar-refractivity contribution is 9.10. The van der Waals surface area contributed by atoms with E-state index in [-0.39, 0.29) is 5.82 Å². The molecule has 0 saturated carbocycles. The smallest absolute Gasteiger partial charge is 0.137 e. The molecule has 0 amide bonds. The Bertz CT molecular complexity index is 583. The first-order valence-electron chi connectivity index (χ1n) is 6.78. The van der Waals surface area contributed by atoms with Crippen LogP contribution in [0.25, 0.3) is 0 Å². The Kier molecular flexibility index (Phi) is 5.32. The number of nitrogens with one attached hydrogen (secondary N) is 1. The van der Waals surface area contributed by atoms with Crippen molar-refractivity contribution < 1.29 is 4.39 Å². The van der Waals surface area contributed by atoms with Crippen molar-refractivity contribution in [3.05, 3.63) is 69.4 Å². The normalized spacial score (nSPS) is 12.4. The molecule has 2 aromatic carbocycles. The maximum Gasteiger partial charge on any atom is 0.137 e. The van der Waals surface area contributed by atoms with Gasteiger partial charge in [0.2, 0.25) is 0 Å². The molecule has 2 aromatic rings. The Morgan fingerprint density at radius 2 is 1.95 bits per heavy atom. The predicted octanol–water partition coefficient (Wildman–Crippen LogP) is 4.62. The lowest BCUT2D eigenvalue weighted by atomic mass is 10.0. The topological polar surface area (TPSA) is 12.0 Å². The lowest BCUT2D eigenvalue weighted by Crippen LogP contribution is -2.27. The molecule has 0 saturated heterocycles. The van der Waals surface area contributed by atoms with E-state index in [0.29, 0.717) is 17.1 Å². The number of hydrogen-bond donors (Lipinski definition) is 1. The van der Waals surface area contributed by atoms with Gasteiger partial charge in [0.25, 0.3) is 0 Å². The summed E-state index contributed by atoms with van der Waals surface area (Å²) in [6.45, 7) is 4.96. The molecule has 0 aliphatic carbocycles. The van der Waals surface area contributed by atoms with Crippen molar-refractivity contribution in [3.8, 4) is 0 Å². The van der Waals surface area contributed by atoms with Crippen molar-refractivity contribution in [1.29, 1.82) is 0 Å². The van der Waals surface area contributed by atoms with Crippen LogP contribution in [0.5, 0.6) is 0 Å². The SMILES string of the molecule is Cc1ccccc1CC(C)NCc1ccc(Br)c(F)c1. The summed E-state index contributed by atoms with van der Waals surface area (Å²) in [5, 5.41) is 3.44. The van der Waals surface area contributed by atoms with Gasteiger partial charge in [0.15, 0.2) is 0 Å². The van der Waals surface area contributed by atoms with Gasteiger partial charge < -0.3 is 5.32 Å². The van der Waals surface area contributed by atoms with Crippen LogP contribution in [0.3, 0.4) is 0 Å². The minimum Gasteiger partial charge on any atom is -0.310 e. The zero-order valence-electron chi connectivity index (χ0n) is 11.8. The summed E-state index contributed by atoms with van der Waals surface area (Å²) in [6, 6.07) is 14.0. The van der Waals surface area contributed by atoms with Crippen LogP contribution in [-0.2, 0) is 13.0 Å². The first-order valence-corrected chi connectivity index (χ1v) is 7.57. The Labute approximate surface area is 128 Å². The minimum atomic E-state index is -0.212. The second-order valence-corrected chi connectivity index (χ2v) is 6.02. The number of hydrogen-bond acceptors (Lipinski definition) is 1. The third-order valence-electron chi connectivity index (χ3n) is 3.43. The van der Waals surface area contributed by atoms with Gasteiger partial charge in [-0.3, -0.25) is 0 Å². The average Bonchev–Trinajstić information content (AvgIpc) is 2.43. The van der Waals surface area contributed by atoms with Crippen LogP contribution in [0, 0.1) is 12.7 Å². The van der Waals surface area contributed by atoms with Crippen LogP contribution in [0.1, 0.15) is 23.6 Å². The molecule has 3 heteroatoms. The zero-order valence-corrected chi connectivity index (χ0v) is 13.4. The van der Waals surface area contributed by atoms with Crippen molar-refractivity contribution in [2.75, 3.05) is 0 Å². The van der Waals surface area contributed by atoms with Gasteiger partial charge in [-0.2, -0.15) is 0 Å². The Morgan fingerprint density at radius 3 is 2.65 bits per heavy atom. The summed E-state index contributed by atoms with van der Waals surface area (Å²) in [4.78, 5) is 0. The van der Waals surface area contributed by atoms with E-state index in [0.717, 1.165) is 12.0 Å². The fraction of sp³-hybridized carbons (Fsp3) is 0.294. The van der Waals surface area contributed by atoms with Gasteiger partial charge in [0.05, 0.1) is 4.47 Å². The molecule has 0 bridgehead atoms. The molecule has 20 heavy (non-hydrogen) atoms. The predicted molar refractivity (Wildman–Crippen MR) is 85.3 cm³/mol. The summed E-state index contributed by atoms with van der Waals surface area (Å²) >= 11 is 3.17. The molecule has 0 radical (unpaired) electrons. The molecule has 1 N–H and O–H groups in total. The van der Waals surface area contributed by atoms with Crippen molar-refractivity contribution in [1.82, 2.24) is 5.32 Å². The maximum atomic E-state index is 13.4. The highest BCUT2D eigenvalue weighted by Crippen LogP contribution is 2.16. The Morgan fingerprint density at radius 1 is 1.20 bits per heavy atom. The van der Waals surface area contributed by atoms with Gasteiger partial charge in [-0.25, -0.2) is 4.39 Å². The van der Waals surface area contributed by atoms with Gasteiger partial charge in [0.1, 0.15) is 5.82 Å². The van der Waals surface area contributed by atoms with Crippen molar-refractivity contribution in [3.63, 3.8) is 0 Å². The van der Waals surface area contributed by atoms with Gasteiger partial charge in [0, 0.05) is 12.6 Å². The number of benzene rings is 2. The lowest BCUT2D eigenvalue weighted by molar-refractivity contribution is 0.541. The van der Waals surface area contributed by atoms with E-state index >= 15 is 0 Å². The van der Waals surface area contributed by atoms with Crippen LogP contribution >= 0.6 is 15.9 Å². The molecular formula is C17H19BrFN. The first kappa shape index (κ1) is 15.2. The number of rotatable bonds is 5. The fourth-order valence-corrected chi connectivity index (χ4v) is 2.43. The molecule has 0 fully saturated rings. The average molecular weight is 336 g/mol. The summed E-state index contributed by atoms with van der Waals surface area (Å²) in [5.41, 5.74) is 3.63. The van der Waals surface area contributed by atoms with Crippen LogP contribution < -0.4 is 5.32 Å². The van der Waals surface area contributed by atoms with Gasteiger partial charge in [-0.1, -0.05) is 30.3 Å². The van der Waals surface area contributed by atoms with Crippen molar-refractivity contribution in [2.24, 2.45) is 0 Å². The quantitative estimate of drug-likeness (QED) is 0.840. The highest BCUT2D eigenvalue weighted by Gasteiger charge is 2.06. The molecule has 0 spiro atoms. The largest absolute Gasteiger partial charge is 0.310 e. The highest BCUT2D eigenvalue weighted by atomic mass is 79.9. The molecule has 106 valence electrons. The van der Waals surface area contributed by atoms with Gasteiger partial charge in [-0.15, -0.1) is 0 Å². The van der Waals surface area contributed by atoms with Crippen LogP contribution in [0.2, 0.25) is 0 Å². The Balaban J connectivity index is 1.90. The molecule has 0 aliphatic heterocycles. The van der Waals surface area contributed by atoms with Gasteiger partial charge in [-0.05, 0) is 65.0 Å². The number of halogens is 2. The van der Waals surface area contributed by atoms with E-state index in [1.807, 2.05) is 6.07 Å². The standard InChI is InChI=1S/C17H19BrFN/c1-12-5-3-4-6-15(12)9-13(2)20-11-14-7-8-16(18)17(19)10-14/h3-8,10,13,20H,9,11H2,1-2H3. The summed E-state index contributed by atoms with van der Waals surface area (Å²) in [5.74, 6) is -0.212. The monoisotopic (exact) mass is 335 g/mol. The van der Waals surface area contributed by atoms with Crippen molar-refractivity contribution >= 4 is 15.9 Å². The van der Waals surface area contributed by atoms with Crippen LogP contribution in [0.4, 0.5) is 4.39 Å². The summed E-state index contributed by atoms with van der Waals surface area (Å²) in [7, 11) is 0. The third kappa shape index (κ3) is 4.15. The first-order chi connectivity index (χ1) is 9.56. The Hall–Kier alpha value is -1.19. The zero-order chi connectivity index (χ0) is 14.5. The molecule has 1 atom stereocenters. The van der Waals surface area contributed by atoms with E-state index in [4.69, 9.17) is 0 Å². The van der Waals surface area contributed by atoms with E-state index in [1.54, 1.807) is 12.1 Å². The summed E-state index contributed by atoms with van der Waals surface area (Å²) < 4.78 is 13.9. The van der Waals surface area contributed by atoms with Crippen LogP contribution in [-0.4, -0.2) is 6.04 Å². The molecule has 1 nitrogen and oxygen atoms in total. The lowest BCUT2D eigenvalue weighted by Gasteiger charge is -2.15. The number of aryl methyl sites for hydroxylation is 1. The molecule has 2 rings (SSSR count). The maximum absolute atomic E-state index is 13.4. The summed E-state index contributed by atoms with van der Waals surface area (Å²) in [6.07, 6.45) is 0.978. The third-order valence-corrected chi connectivity index (χ3v) is 4.07. The van der Waals surface area contributed by atoms with Gasteiger partial charge >= 0.3 is 0 Å². The van der Waals surface area contributed by atoms with E-state index < -0.39 is 0 Å². The second-order valence-electron chi connectivity index (χ2n) is 5.16. The van der Waals surface area contributed by atoms with E-state index in [9.17, 15) is 4.39 Å². The molecule has 0 aromatic heterocycles. The molecular weight excluding hydrogens is 317 g/mol. The molecule has 0 aliphatic rings. The van der Waals surface area contributed by atoms with Crippen LogP contribution in [0.15, 0.2) is 46.9 Å². The molecule has 0 heterocycles. The molecule has 1 unspecified atom stereocenters. The fourth-order valence-electron chi connectivity index (χ4n) is 2.18. The second kappa shape index (κ2) is 7.00. The van der Waals surface area contributed by atoms with Crippen molar-refractivity contribution in [2.45, 2.75) is 32.9 Å². The minimum absolute atomic E-state index is 0.212.